The van der Waals surface area contributed by atoms with Gasteiger partial charge in [0.25, 0.3) is 0 Å². The number of carbonyl (C=O) groups is 1. The van der Waals surface area contributed by atoms with Crippen molar-refractivity contribution in [1.82, 2.24) is 4.90 Å². The number of carbonyl (C=O) groups excluding carboxylic acids is 1. The van der Waals surface area contributed by atoms with Crippen molar-refractivity contribution >= 4 is 5.91 Å². The van der Waals surface area contributed by atoms with E-state index in [1.54, 1.807) is 7.11 Å². The van der Waals surface area contributed by atoms with Crippen molar-refractivity contribution < 1.29 is 9.53 Å². The molecule has 0 spiro atoms. The number of nitrogens with zero attached hydrogens (tertiary/aromatic N) is 1. The number of hydrogen-bond acceptors (Lipinski definition) is 3. The first kappa shape index (κ1) is 12.8. The topological polar surface area (TPSA) is 55.6 Å². The normalized spacial score (nSPS) is 38.4. The lowest BCUT2D eigenvalue weighted by atomic mass is 9.96. The summed E-state index contributed by atoms with van der Waals surface area (Å²) in [5, 5.41) is 0. The minimum Gasteiger partial charge on any atom is -0.381 e. The molecule has 0 radical (unpaired) electrons. The first-order valence-corrected chi connectivity index (χ1v) is 6.72. The summed E-state index contributed by atoms with van der Waals surface area (Å²) < 4.78 is 5.37. The van der Waals surface area contributed by atoms with Gasteiger partial charge in [0.2, 0.25) is 5.91 Å². The number of piperidine rings is 1. The molecule has 0 bridgehead atoms. The monoisotopic (exact) mass is 240 g/mol. The van der Waals surface area contributed by atoms with E-state index in [0.717, 1.165) is 38.6 Å². The van der Waals surface area contributed by atoms with Crippen LogP contribution in [0.15, 0.2) is 0 Å². The molecule has 1 heterocycles. The highest BCUT2D eigenvalue weighted by Gasteiger charge is 2.37. The molecule has 2 N–H and O–H groups in total. The van der Waals surface area contributed by atoms with Gasteiger partial charge in [-0.15, -0.1) is 0 Å². The Balaban J connectivity index is 1.96. The van der Waals surface area contributed by atoms with Crippen LogP contribution in [0.5, 0.6) is 0 Å². The van der Waals surface area contributed by atoms with E-state index in [-0.39, 0.29) is 23.9 Å². The van der Waals surface area contributed by atoms with Crippen LogP contribution in [0.25, 0.3) is 0 Å². The molecule has 1 amide bonds. The second-order valence-electron chi connectivity index (χ2n) is 5.46. The number of amides is 1. The fourth-order valence-corrected chi connectivity index (χ4v) is 3.18. The van der Waals surface area contributed by atoms with Crippen molar-refractivity contribution in [2.45, 2.75) is 57.2 Å². The molecule has 4 heteroatoms. The Morgan fingerprint density at radius 3 is 2.65 bits per heavy atom. The van der Waals surface area contributed by atoms with E-state index < -0.39 is 0 Å². The van der Waals surface area contributed by atoms with E-state index in [2.05, 4.69) is 6.92 Å². The average Bonchev–Trinajstić information content (AvgIpc) is 2.74. The summed E-state index contributed by atoms with van der Waals surface area (Å²) in [5.41, 5.74) is 6.01. The first-order valence-electron chi connectivity index (χ1n) is 6.72. The Morgan fingerprint density at radius 2 is 2.12 bits per heavy atom. The van der Waals surface area contributed by atoms with E-state index in [4.69, 9.17) is 10.5 Å². The van der Waals surface area contributed by atoms with Gasteiger partial charge in [0, 0.05) is 25.7 Å². The molecule has 0 aromatic carbocycles. The maximum Gasteiger partial charge on any atom is 0.227 e. The molecule has 2 aliphatic rings. The summed E-state index contributed by atoms with van der Waals surface area (Å²) in [6, 6.07) is 0.365. The van der Waals surface area contributed by atoms with Gasteiger partial charge in [-0.05, 0) is 32.6 Å². The number of rotatable bonds is 2. The molecule has 1 aliphatic carbocycles. The Bertz CT molecular complexity index is 283. The SMILES string of the molecule is COC1CCN(C(=O)C2CCCC2N)C(C)C1. The quantitative estimate of drug-likeness (QED) is 0.787. The molecule has 1 saturated carbocycles. The Kier molecular flexibility index (Phi) is 4.05. The summed E-state index contributed by atoms with van der Waals surface area (Å²) in [4.78, 5) is 14.4. The molecule has 0 aromatic rings. The third-order valence-corrected chi connectivity index (χ3v) is 4.33. The molecule has 98 valence electrons. The van der Waals surface area contributed by atoms with Crippen molar-refractivity contribution in [3.63, 3.8) is 0 Å². The predicted octanol–water partition coefficient (Wildman–Crippen LogP) is 1.14. The lowest BCUT2D eigenvalue weighted by Gasteiger charge is -2.39. The summed E-state index contributed by atoms with van der Waals surface area (Å²) in [6.45, 7) is 2.94. The number of nitrogens with two attached hydrogens (primary N) is 1. The second-order valence-corrected chi connectivity index (χ2v) is 5.46. The van der Waals surface area contributed by atoms with E-state index in [1.165, 1.54) is 0 Å². The minimum absolute atomic E-state index is 0.0662. The fraction of sp³-hybridized carbons (Fsp3) is 0.923. The van der Waals surface area contributed by atoms with E-state index in [1.807, 2.05) is 4.90 Å². The molecule has 1 aliphatic heterocycles. The zero-order valence-electron chi connectivity index (χ0n) is 10.9. The Labute approximate surface area is 103 Å². The number of methoxy groups -OCH3 is 1. The van der Waals surface area contributed by atoms with Gasteiger partial charge in [-0.25, -0.2) is 0 Å². The molecule has 4 unspecified atom stereocenters. The fourth-order valence-electron chi connectivity index (χ4n) is 3.18. The van der Waals surface area contributed by atoms with Crippen molar-refractivity contribution in [1.29, 1.82) is 0 Å². The maximum absolute atomic E-state index is 12.4. The molecule has 4 nitrogen and oxygen atoms in total. The maximum atomic E-state index is 12.4. The predicted molar refractivity (Wildman–Crippen MR) is 66.5 cm³/mol. The lowest BCUT2D eigenvalue weighted by molar-refractivity contribution is -0.141. The Hall–Kier alpha value is -0.610. The van der Waals surface area contributed by atoms with Crippen LogP contribution in [0.1, 0.15) is 39.0 Å². The van der Waals surface area contributed by atoms with Gasteiger partial charge in [-0.3, -0.25) is 4.79 Å². The second kappa shape index (κ2) is 5.36. The first-order chi connectivity index (χ1) is 8.13. The van der Waals surface area contributed by atoms with Crippen LogP contribution in [0.4, 0.5) is 0 Å². The van der Waals surface area contributed by atoms with Crippen LogP contribution >= 0.6 is 0 Å². The van der Waals surface area contributed by atoms with Crippen molar-refractivity contribution in [3.8, 4) is 0 Å². The van der Waals surface area contributed by atoms with Gasteiger partial charge < -0.3 is 15.4 Å². The molecular formula is C13H24N2O2. The number of likely N-dealkylation sites (tertiary alicyclic amines) is 1. The molecule has 17 heavy (non-hydrogen) atoms. The highest BCUT2D eigenvalue weighted by Crippen LogP contribution is 2.29. The van der Waals surface area contributed by atoms with Gasteiger partial charge in [0.1, 0.15) is 0 Å². The van der Waals surface area contributed by atoms with Crippen LogP contribution in [0.3, 0.4) is 0 Å². The van der Waals surface area contributed by atoms with Crippen LogP contribution < -0.4 is 5.73 Å². The van der Waals surface area contributed by atoms with Gasteiger partial charge in [0.05, 0.1) is 12.0 Å². The van der Waals surface area contributed by atoms with Crippen LogP contribution in [0, 0.1) is 5.92 Å². The number of ether oxygens (including phenoxy) is 1. The molecule has 0 aromatic heterocycles. The molecule has 2 fully saturated rings. The lowest BCUT2D eigenvalue weighted by Crippen LogP contribution is -2.50. The van der Waals surface area contributed by atoms with Crippen molar-refractivity contribution in [2.24, 2.45) is 11.7 Å². The molecule has 1 saturated heterocycles. The standard InChI is InChI=1S/C13H24N2O2/c1-9-8-10(17-2)6-7-15(9)13(16)11-4-3-5-12(11)14/h9-12H,3-8,14H2,1-2H3. The number of hydrogen-bond donors (Lipinski definition) is 1. The zero-order valence-corrected chi connectivity index (χ0v) is 10.9. The van der Waals surface area contributed by atoms with Gasteiger partial charge >= 0.3 is 0 Å². The third kappa shape index (κ3) is 2.63. The summed E-state index contributed by atoms with van der Waals surface area (Å²) in [5.74, 6) is 0.341. The van der Waals surface area contributed by atoms with Gasteiger partial charge in [-0.1, -0.05) is 6.42 Å². The van der Waals surface area contributed by atoms with Gasteiger partial charge in [-0.2, -0.15) is 0 Å². The minimum atomic E-state index is 0.0662. The van der Waals surface area contributed by atoms with Crippen LogP contribution in [-0.2, 0) is 9.53 Å². The highest BCUT2D eigenvalue weighted by atomic mass is 16.5. The molecular weight excluding hydrogens is 216 g/mol. The van der Waals surface area contributed by atoms with E-state index in [0.29, 0.717) is 6.10 Å². The van der Waals surface area contributed by atoms with Crippen LogP contribution in [-0.4, -0.2) is 42.6 Å². The van der Waals surface area contributed by atoms with Crippen LogP contribution in [0.2, 0.25) is 0 Å². The molecule has 2 rings (SSSR count). The zero-order chi connectivity index (χ0) is 12.4. The smallest absolute Gasteiger partial charge is 0.227 e. The summed E-state index contributed by atoms with van der Waals surface area (Å²) >= 11 is 0. The third-order valence-electron chi connectivity index (χ3n) is 4.33. The highest BCUT2D eigenvalue weighted by molar-refractivity contribution is 5.80. The van der Waals surface area contributed by atoms with E-state index >= 15 is 0 Å². The average molecular weight is 240 g/mol. The summed E-state index contributed by atoms with van der Waals surface area (Å²) in [7, 11) is 1.75. The van der Waals surface area contributed by atoms with Crippen molar-refractivity contribution in [3.05, 3.63) is 0 Å². The summed E-state index contributed by atoms with van der Waals surface area (Å²) in [6.07, 6.45) is 5.28. The molecule has 4 atom stereocenters. The van der Waals surface area contributed by atoms with Crippen molar-refractivity contribution in [2.75, 3.05) is 13.7 Å². The largest absolute Gasteiger partial charge is 0.381 e. The van der Waals surface area contributed by atoms with E-state index in [9.17, 15) is 4.79 Å². The Morgan fingerprint density at radius 1 is 1.35 bits per heavy atom. The van der Waals surface area contributed by atoms with Gasteiger partial charge in [0.15, 0.2) is 0 Å².